The summed E-state index contributed by atoms with van der Waals surface area (Å²) < 4.78 is 0. The molecule has 0 aliphatic heterocycles. The summed E-state index contributed by atoms with van der Waals surface area (Å²) in [5.41, 5.74) is 2.54. The molecular formula is C13H11S. The molecule has 0 saturated heterocycles. The second-order valence-electron chi connectivity index (χ2n) is 3.15. The molecule has 2 rings (SSSR count). The molecule has 0 nitrogen and oxygen atoms in total. The van der Waals surface area contributed by atoms with Crippen LogP contribution in [0, 0.1) is 6.07 Å². The molecule has 0 atom stereocenters. The van der Waals surface area contributed by atoms with Crippen LogP contribution in [0.2, 0.25) is 0 Å². The molecule has 0 amide bonds. The minimum atomic E-state index is 1.25. The predicted octanol–water partition coefficient (Wildman–Crippen LogP) is 4.11. The Morgan fingerprint density at radius 2 is 2.07 bits per heavy atom. The van der Waals surface area contributed by atoms with Gasteiger partial charge in [-0.2, -0.15) is 0 Å². The van der Waals surface area contributed by atoms with Crippen LogP contribution in [0.25, 0.3) is 11.6 Å². The normalized spacial score (nSPS) is 11.6. The van der Waals surface area contributed by atoms with E-state index in [1.807, 2.05) is 17.5 Å². The van der Waals surface area contributed by atoms with E-state index in [-0.39, 0.29) is 0 Å². The molecule has 14 heavy (non-hydrogen) atoms. The Kier molecular flexibility index (Phi) is 2.80. The summed E-state index contributed by atoms with van der Waals surface area (Å²) in [6.45, 7) is 2.13. The molecular weight excluding hydrogens is 188 g/mol. The van der Waals surface area contributed by atoms with Gasteiger partial charge >= 0.3 is 0 Å². The second-order valence-corrected chi connectivity index (χ2v) is 4.06. The van der Waals surface area contributed by atoms with Crippen molar-refractivity contribution in [2.24, 2.45) is 0 Å². The van der Waals surface area contributed by atoms with Crippen LogP contribution in [0.5, 0.6) is 0 Å². The van der Waals surface area contributed by atoms with Gasteiger partial charge in [-0.1, -0.05) is 36.4 Å². The van der Waals surface area contributed by atoms with Gasteiger partial charge < -0.3 is 0 Å². The van der Waals surface area contributed by atoms with E-state index in [4.69, 9.17) is 0 Å². The molecule has 1 radical (unpaired) electrons. The first-order valence-electron chi connectivity index (χ1n) is 4.54. The molecule has 0 saturated carbocycles. The smallest absolute Gasteiger partial charge is 0.0306 e. The Hall–Kier alpha value is -1.34. The average molecular weight is 199 g/mol. The SMILES string of the molecule is CC(=Cc1ccccc1)c1c[c]cs1. The lowest BCUT2D eigenvalue weighted by Gasteiger charge is -1.97. The first-order valence-corrected chi connectivity index (χ1v) is 5.42. The van der Waals surface area contributed by atoms with Crippen molar-refractivity contribution in [2.45, 2.75) is 6.92 Å². The van der Waals surface area contributed by atoms with E-state index in [1.165, 1.54) is 16.0 Å². The third kappa shape index (κ3) is 2.12. The van der Waals surface area contributed by atoms with Gasteiger partial charge in [0, 0.05) is 4.88 Å². The van der Waals surface area contributed by atoms with E-state index in [0.29, 0.717) is 0 Å². The van der Waals surface area contributed by atoms with Gasteiger partial charge in [0.2, 0.25) is 0 Å². The Morgan fingerprint density at radius 1 is 1.29 bits per heavy atom. The third-order valence-corrected chi connectivity index (χ3v) is 2.99. The van der Waals surface area contributed by atoms with E-state index < -0.39 is 0 Å². The molecule has 69 valence electrons. The van der Waals surface area contributed by atoms with Gasteiger partial charge in [0.1, 0.15) is 0 Å². The van der Waals surface area contributed by atoms with Crippen LogP contribution in [0.3, 0.4) is 0 Å². The van der Waals surface area contributed by atoms with Crippen LogP contribution in [-0.4, -0.2) is 0 Å². The Balaban J connectivity index is 2.28. The second kappa shape index (κ2) is 4.25. The van der Waals surface area contributed by atoms with Crippen LogP contribution in [0.4, 0.5) is 0 Å². The standard InChI is InChI=1S/C13H11S/c1-11(13-8-5-9-14-13)10-12-6-3-2-4-7-12/h2-4,6-10H,1H3. The van der Waals surface area contributed by atoms with Crippen molar-refractivity contribution in [3.8, 4) is 0 Å². The quantitative estimate of drug-likeness (QED) is 0.682. The Labute approximate surface area is 88.5 Å². The summed E-state index contributed by atoms with van der Waals surface area (Å²) in [6, 6.07) is 15.5. The summed E-state index contributed by atoms with van der Waals surface area (Å²) in [6.07, 6.45) is 2.19. The van der Waals surface area contributed by atoms with Crippen LogP contribution >= 0.6 is 11.3 Å². The average Bonchev–Trinajstić information content (AvgIpc) is 2.72. The van der Waals surface area contributed by atoms with Crippen LogP contribution in [0.1, 0.15) is 17.4 Å². The number of rotatable bonds is 2. The maximum atomic E-state index is 3.07. The molecule has 0 N–H and O–H groups in total. The number of hydrogen-bond acceptors (Lipinski definition) is 1. The zero-order valence-electron chi connectivity index (χ0n) is 8.03. The van der Waals surface area contributed by atoms with Gasteiger partial charge in [0.25, 0.3) is 0 Å². The molecule has 0 spiro atoms. The van der Waals surface area contributed by atoms with Crippen molar-refractivity contribution >= 4 is 23.0 Å². The highest BCUT2D eigenvalue weighted by molar-refractivity contribution is 7.11. The lowest BCUT2D eigenvalue weighted by atomic mass is 10.1. The highest BCUT2D eigenvalue weighted by Gasteiger charge is 1.95. The van der Waals surface area contributed by atoms with Crippen molar-refractivity contribution in [3.05, 3.63) is 58.3 Å². The number of allylic oxidation sites excluding steroid dienone is 1. The summed E-state index contributed by atoms with van der Waals surface area (Å²) in [5, 5.41) is 1.98. The van der Waals surface area contributed by atoms with Gasteiger partial charge in [-0.15, -0.1) is 11.3 Å². The third-order valence-electron chi connectivity index (χ3n) is 2.04. The predicted molar refractivity (Wildman–Crippen MR) is 63.1 cm³/mol. The Morgan fingerprint density at radius 3 is 2.71 bits per heavy atom. The maximum Gasteiger partial charge on any atom is 0.0306 e. The molecule has 0 bridgehead atoms. The van der Waals surface area contributed by atoms with E-state index >= 15 is 0 Å². The molecule has 0 unspecified atom stereocenters. The lowest BCUT2D eigenvalue weighted by Crippen LogP contribution is -1.73. The largest absolute Gasteiger partial charge is 0.144 e. The minimum absolute atomic E-state index is 1.25. The molecule has 2 aromatic rings. The van der Waals surface area contributed by atoms with Crippen LogP contribution in [-0.2, 0) is 0 Å². The molecule has 1 heterocycles. The molecule has 0 aliphatic rings. The van der Waals surface area contributed by atoms with Crippen LogP contribution < -0.4 is 0 Å². The van der Waals surface area contributed by atoms with Gasteiger partial charge in [-0.25, -0.2) is 0 Å². The highest BCUT2D eigenvalue weighted by Crippen LogP contribution is 2.21. The van der Waals surface area contributed by atoms with Crippen molar-refractivity contribution in [1.29, 1.82) is 0 Å². The first kappa shape index (κ1) is 9.22. The number of hydrogen-bond donors (Lipinski definition) is 0. The van der Waals surface area contributed by atoms with Crippen molar-refractivity contribution in [3.63, 3.8) is 0 Å². The minimum Gasteiger partial charge on any atom is -0.144 e. The van der Waals surface area contributed by atoms with Crippen LogP contribution in [0.15, 0.2) is 41.8 Å². The molecule has 1 aromatic heterocycles. The van der Waals surface area contributed by atoms with Gasteiger partial charge in [0.05, 0.1) is 0 Å². The molecule has 1 aromatic carbocycles. The monoisotopic (exact) mass is 199 g/mol. The fraction of sp³-hybridized carbons (Fsp3) is 0.0769. The summed E-state index contributed by atoms with van der Waals surface area (Å²) in [7, 11) is 0. The maximum absolute atomic E-state index is 3.07. The summed E-state index contributed by atoms with van der Waals surface area (Å²) in [5.74, 6) is 0. The van der Waals surface area contributed by atoms with Gasteiger partial charge in [-0.3, -0.25) is 0 Å². The first-order chi connectivity index (χ1) is 6.86. The zero-order valence-corrected chi connectivity index (χ0v) is 8.84. The van der Waals surface area contributed by atoms with Gasteiger partial charge in [0.15, 0.2) is 0 Å². The number of thiophene rings is 1. The summed E-state index contributed by atoms with van der Waals surface area (Å²) >= 11 is 1.73. The topological polar surface area (TPSA) is 0 Å². The molecule has 0 fully saturated rings. The fourth-order valence-corrected chi connectivity index (χ4v) is 1.96. The van der Waals surface area contributed by atoms with E-state index in [9.17, 15) is 0 Å². The van der Waals surface area contributed by atoms with E-state index in [2.05, 4.69) is 43.3 Å². The Bertz CT molecular complexity index is 410. The summed E-state index contributed by atoms with van der Waals surface area (Å²) in [4.78, 5) is 1.29. The molecule has 1 heteroatoms. The van der Waals surface area contributed by atoms with Crippen molar-refractivity contribution < 1.29 is 0 Å². The molecule has 0 aliphatic carbocycles. The number of benzene rings is 1. The van der Waals surface area contributed by atoms with Crippen molar-refractivity contribution in [2.75, 3.05) is 0 Å². The van der Waals surface area contributed by atoms with Gasteiger partial charge in [-0.05, 0) is 35.6 Å². The zero-order chi connectivity index (χ0) is 9.80. The van der Waals surface area contributed by atoms with Crippen molar-refractivity contribution in [1.82, 2.24) is 0 Å². The lowest BCUT2D eigenvalue weighted by molar-refractivity contribution is 1.64. The van der Waals surface area contributed by atoms with E-state index in [0.717, 1.165) is 0 Å². The van der Waals surface area contributed by atoms with E-state index in [1.54, 1.807) is 11.3 Å². The highest BCUT2D eigenvalue weighted by atomic mass is 32.1. The fourth-order valence-electron chi connectivity index (χ4n) is 1.32.